The molecular weight excluding hydrogens is 342 g/mol. The first-order valence-electron chi connectivity index (χ1n) is 7.21. The molecular formula is C18H20BrNO2. The number of carbonyl (C=O) groups is 1. The predicted molar refractivity (Wildman–Crippen MR) is 92.1 cm³/mol. The SMILES string of the molecule is Cc1ccc([C@@H](C)NC(=O)COc2ccccc2Br)cc1C. The van der Waals surface area contributed by atoms with Crippen molar-refractivity contribution in [1.29, 1.82) is 0 Å². The fourth-order valence-electron chi connectivity index (χ4n) is 2.11. The first-order valence-corrected chi connectivity index (χ1v) is 8.00. The molecule has 116 valence electrons. The normalized spacial score (nSPS) is 11.8. The Hall–Kier alpha value is -1.81. The number of halogens is 1. The van der Waals surface area contributed by atoms with Crippen molar-refractivity contribution in [2.75, 3.05) is 6.61 Å². The smallest absolute Gasteiger partial charge is 0.258 e. The molecule has 0 radical (unpaired) electrons. The van der Waals surface area contributed by atoms with Gasteiger partial charge in [-0.15, -0.1) is 0 Å². The van der Waals surface area contributed by atoms with E-state index in [1.807, 2.05) is 37.3 Å². The Morgan fingerprint density at radius 2 is 1.91 bits per heavy atom. The van der Waals surface area contributed by atoms with Gasteiger partial charge in [-0.2, -0.15) is 0 Å². The summed E-state index contributed by atoms with van der Waals surface area (Å²) in [4.78, 5) is 12.0. The van der Waals surface area contributed by atoms with E-state index in [-0.39, 0.29) is 18.6 Å². The van der Waals surface area contributed by atoms with Crippen LogP contribution in [0.3, 0.4) is 0 Å². The van der Waals surface area contributed by atoms with E-state index in [9.17, 15) is 4.79 Å². The molecule has 1 N–H and O–H groups in total. The number of amides is 1. The van der Waals surface area contributed by atoms with Crippen molar-refractivity contribution in [3.63, 3.8) is 0 Å². The standard InChI is InChI=1S/C18H20BrNO2/c1-12-8-9-15(10-13(12)2)14(3)20-18(21)11-22-17-7-5-4-6-16(17)19/h4-10,14H,11H2,1-3H3,(H,20,21)/t14-/m1/s1. The number of rotatable bonds is 5. The van der Waals surface area contributed by atoms with E-state index in [0.29, 0.717) is 5.75 Å². The van der Waals surface area contributed by atoms with Crippen molar-refractivity contribution in [3.05, 3.63) is 63.6 Å². The van der Waals surface area contributed by atoms with Crippen molar-refractivity contribution in [2.45, 2.75) is 26.8 Å². The molecule has 0 unspecified atom stereocenters. The quantitative estimate of drug-likeness (QED) is 0.860. The van der Waals surface area contributed by atoms with Crippen LogP contribution in [0.2, 0.25) is 0 Å². The second-order valence-corrected chi connectivity index (χ2v) is 6.21. The van der Waals surface area contributed by atoms with Crippen LogP contribution in [-0.2, 0) is 4.79 Å². The maximum Gasteiger partial charge on any atom is 0.258 e. The van der Waals surface area contributed by atoms with Gasteiger partial charge in [-0.1, -0.05) is 30.3 Å². The number of aryl methyl sites for hydroxylation is 2. The molecule has 4 heteroatoms. The summed E-state index contributed by atoms with van der Waals surface area (Å²) in [6.45, 7) is 6.12. The van der Waals surface area contributed by atoms with Gasteiger partial charge in [0.05, 0.1) is 10.5 Å². The van der Waals surface area contributed by atoms with Crippen LogP contribution >= 0.6 is 15.9 Å². The van der Waals surface area contributed by atoms with Crippen LogP contribution in [0, 0.1) is 13.8 Å². The van der Waals surface area contributed by atoms with Gasteiger partial charge in [0.2, 0.25) is 0 Å². The van der Waals surface area contributed by atoms with Gasteiger partial charge in [-0.3, -0.25) is 4.79 Å². The van der Waals surface area contributed by atoms with Gasteiger partial charge in [-0.05, 0) is 65.5 Å². The Bertz CT molecular complexity index is 670. The molecule has 1 amide bonds. The van der Waals surface area contributed by atoms with Crippen LogP contribution in [0.1, 0.15) is 29.7 Å². The third-order valence-electron chi connectivity index (χ3n) is 3.60. The first kappa shape index (κ1) is 16.6. The number of benzene rings is 2. The molecule has 0 aliphatic carbocycles. The lowest BCUT2D eigenvalue weighted by atomic mass is 10.0. The highest BCUT2D eigenvalue weighted by atomic mass is 79.9. The zero-order valence-corrected chi connectivity index (χ0v) is 14.6. The lowest BCUT2D eigenvalue weighted by Gasteiger charge is -2.16. The van der Waals surface area contributed by atoms with Gasteiger partial charge in [0.1, 0.15) is 5.75 Å². The third kappa shape index (κ3) is 4.34. The van der Waals surface area contributed by atoms with E-state index in [0.717, 1.165) is 10.0 Å². The number of hydrogen-bond acceptors (Lipinski definition) is 2. The molecule has 2 aromatic rings. The van der Waals surface area contributed by atoms with E-state index >= 15 is 0 Å². The molecule has 2 rings (SSSR count). The lowest BCUT2D eigenvalue weighted by molar-refractivity contribution is -0.123. The Kier molecular flexibility index (Phi) is 5.61. The predicted octanol–water partition coefficient (Wildman–Crippen LogP) is 4.32. The van der Waals surface area contributed by atoms with Crippen LogP contribution < -0.4 is 10.1 Å². The number of hydrogen-bond donors (Lipinski definition) is 1. The molecule has 0 aliphatic heterocycles. The largest absolute Gasteiger partial charge is 0.483 e. The fraction of sp³-hybridized carbons (Fsp3) is 0.278. The summed E-state index contributed by atoms with van der Waals surface area (Å²) in [6, 6.07) is 13.7. The maximum absolute atomic E-state index is 12.0. The molecule has 3 nitrogen and oxygen atoms in total. The number of nitrogens with one attached hydrogen (secondary N) is 1. The van der Waals surface area contributed by atoms with Crippen molar-refractivity contribution in [2.24, 2.45) is 0 Å². The zero-order valence-electron chi connectivity index (χ0n) is 13.0. The Balaban J connectivity index is 1.91. The van der Waals surface area contributed by atoms with E-state index in [2.05, 4.69) is 47.2 Å². The molecule has 2 aromatic carbocycles. The van der Waals surface area contributed by atoms with Crippen LogP contribution in [0.5, 0.6) is 5.75 Å². The molecule has 0 fully saturated rings. The summed E-state index contributed by atoms with van der Waals surface area (Å²) < 4.78 is 6.36. The summed E-state index contributed by atoms with van der Waals surface area (Å²) in [5.41, 5.74) is 3.57. The highest BCUT2D eigenvalue weighted by Crippen LogP contribution is 2.23. The summed E-state index contributed by atoms with van der Waals surface area (Å²) in [5.74, 6) is 0.526. The van der Waals surface area contributed by atoms with Gasteiger partial charge >= 0.3 is 0 Å². The van der Waals surface area contributed by atoms with E-state index in [1.54, 1.807) is 0 Å². The van der Waals surface area contributed by atoms with Crippen molar-refractivity contribution in [3.8, 4) is 5.75 Å². The Morgan fingerprint density at radius 3 is 2.59 bits per heavy atom. The van der Waals surface area contributed by atoms with Crippen LogP contribution in [0.4, 0.5) is 0 Å². The summed E-state index contributed by atoms with van der Waals surface area (Å²) in [5, 5.41) is 2.95. The lowest BCUT2D eigenvalue weighted by Crippen LogP contribution is -2.31. The van der Waals surface area contributed by atoms with Gasteiger partial charge in [0.15, 0.2) is 6.61 Å². The number of para-hydroxylation sites is 1. The first-order chi connectivity index (χ1) is 10.5. The summed E-state index contributed by atoms with van der Waals surface area (Å²) in [7, 11) is 0. The Labute approximate surface area is 139 Å². The maximum atomic E-state index is 12.0. The molecule has 1 atom stereocenters. The minimum atomic E-state index is -0.138. The second kappa shape index (κ2) is 7.45. The number of carbonyl (C=O) groups excluding carboxylic acids is 1. The average Bonchev–Trinajstić information content (AvgIpc) is 2.49. The highest BCUT2D eigenvalue weighted by molar-refractivity contribution is 9.10. The topological polar surface area (TPSA) is 38.3 Å². The van der Waals surface area contributed by atoms with E-state index in [4.69, 9.17) is 4.74 Å². The molecule has 0 saturated heterocycles. The van der Waals surface area contributed by atoms with Gasteiger partial charge in [0.25, 0.3) is 5.91 Å². The molecule has 0 aromatic heterocycles. The molecule has 0 bridgehead atoms. The van der Waals surface area contributed by atoms with E-state index < -0.39 is 0 Å². The third-order valence-corrected chi connectivity index (χ3v) is 4.26. The van der Waals surface area contributed by atoms with Crippen LogP contribution in [-0.4, -0.2) is 12.5 Å². The minimum absolute atomic E-state index is 0.00219. The van der Waals surface area contributed by atoms with Gasteiger partial charge in [-0.25, -0.2) is 0 Å². The average molecular weight is 362 g/mol. The second-order valence-electron chi connectivity index (χ2n) is 5.35. The van der Waals surface area contributed by atoms with Gasteiger partial charge in [0, 0.05) is 0 Å². The number of ether oxygens (including phenoxy) is 1. The summed E-state index contributed by atoms with van der Waals surface area (Å²) in [6.07, 6.45) is 0. The van der Waals surface area contributed by atoms with Crippen molar-refractivity contribution < 1.29 is 9.53 Å². The summed E-state index contributed by atoms with van der Waals surface area (Å²) >= 11 is 3.39. The Morgan fingerprint density at radius 1 is 1.18 bits per heavy atom. The molecule has 0 aliphatic rings. The molecule has 0 heterocycles. The molecule has 0 saturated carbocycles. The van der Waals surface area contributed by atoms with Crippen LogP contribution in [0.15, 0.2) is 46.9 Å². The van der Waals surface area contributed by atoms with Crippen molar-refractivity contribution >= 4 is 21.8 Å². The highest BCUT2D eigenvalue weighted by Gasteiger charge is 2.11. The zero-order chi connectivity index (χ0) is 16.1. The monoisotopic (exact) mass is 361 g/mol. The fourth-order valence-corrected chi connectivity index (χ4v) is 2.50. The van der Waals surface area contributed by atoms with Crippen LogP contribution in [0.25, 0.3) is 0 Å². The van der Waals surface area contributed by atoms with E-state index in [1.165, 1.54) is 11.1 Å². The minimum Gasteiger partial charge on any atom is -0.483 e. The molecule has 22 heavy (non-hydrogen) atoms. The molecule has 0 spiro atoms. The van der Waals surface area contributed by atoms with Gasteiger partial charge < -0.3 is 10.1 Å². The van der Waals surface area contributed by atoms with Crippen molar-refractivity contribution in [1.82, 2.24) is 5.32 Å².